The summed E-state index contributed by atoms with van der Waals surface area (Å²) in [5, 5.41) is 5.39. The second-order valence-electron chi connectivity index (χ2n) is 13.2. The number of carbonyl (C=O) groups is 5. The first-order chi connectivity index (χ1) is 21.9. The fourth-order valence-corrected chi connectivity index (χ4v) is 4.70. The monoisotopic (exact) mass is 648 g/mol. The Hall–Kier alpha value is -4.85. The van der Waals surface area contributed by atoms with E-state index in [1.165, 1.54) is 4.90 Å². The molecule has 2 rings (SSSR count). The summed E-state index contributed by atoms with van der Waals surface area (Å²) < 4.78 is 11.0. The second kappa shape index (κ2) is 17.2. The first kappa shape index (κ1) is 38.3. The van der Waals surface area contributed by atoms with Crippen LogP contribution >= 0.6 is 0 Å². The van der Waals surface area contributed by atoms with Gasteiger partial charge in [-0.15, -0.1) is 6.42 Å². The van der Waals surface area contributed by atoms with Gasteiger partial charge in [-0.2, -0.15) is 0 Å². The third-order valence-electron chi connectivity index (χ3n) is 6.66. The summed E-state index contributed by atoms with van der Waals surface area (Å²) in [5.74, 6) is -0.0759. The molecule has 4 amide bonds. The zero-order valence-electron chi connectivity index (χ0n) is 28.4. The molecule has 0 saturated heterocycles. The molecule has 0 saturated carbocycles. The molecule has 47 heavy (non-hydrogen) atoms. The third kappa shape index (κ3) is 13.2. The van der Waals surface area contributed by atoms with Crippen LogP contribution in [0.15, 0.2) is 54.6 Å². The second-order valence-corrected chi connectivity index (χ2v) is 13.2. The van der Waals surface area contributed by atoms with Gasteiger partial charge in [-0.25, -0.2) is 9.59 Å². The highest BCUT2D eigenvalue weighted by Gasteiger charge is 2.38. The van der Waals surface area contributed by atoms with Crippen molar-refractivity contribution in [3.05, 3.63) is 71.3 Å². The summed E-state index contributed by atoms with van der Waals surface area (Å²) in [6.45, 7) is 12.1. The van der Waals surface area contributed by atoms with Crippen LogP contribution in [0, 0.1) is 12.3 Å². The van der Waals surface area contributed by atoms with E-state index in [4.69, 9.17) is 21.6 Å². The zero-order valence-corrected chi connectivity index (χ0v) is 28.4. The highest BCUT2D eigenvalue weighted by Crippen LogP contribution is 2.25. The van der Waals surface area contributed by atoms with Gasteiger partial charge in [0.25, 0.3) is 0 Å². The number of nitrogens with two attached hydrogens (primary N) is 1. The molecule has 2 aromatic carbocycles. The fraction of sp³-hybridized carbons (Fsp3) is 0.472. The number of rotatable bonds is 14. The summed E-state index contributed by atoms with van der Waals surface area (Å²) in [6, 6.07) is 12.1. The van der Waals surface area contributed by atoms with Crippen molar-refractivity contribution < 1.29 is 33.4 Å². The lowest BCUT2D eigenvalue weighted by atomic mass is 9.99. The van der Waals surface area contributed by atoms with Gasteiger partial charge >= 0.3 is 12.1 Å². The number of primary amides is 1. The topological polar surface area (TPSA) is 157 Å². The molecule has 11 nitrogen and oxygen atoms in total. The molecule has 4 N–H and O–H groups in total. The first-order valence-electron chi connectivity index (χ1n) is 15.7. The molecular formula is C36H48N4O7. The van der Waals surface area contributed by atoms with Gasteiger partial charge in [0.2, 0.25) is 17.7 Å². The Labute approximate surface area is 277 Å². The molecule has 0 bridgehead atoms. The van der Waals surface area contributed by atoms with Crippen LogP contribution in [0.4, 0.5) is 4.79 Å². The number of terminal acetylenes is 1. The van der Waals surface area contributed by atoms with E-state index in [2.05, 4.69) is 16.6 Å². The van der Waals surface area contributed by atoms with Crippen molar-refractivity contribution >= 4 is 29.8 Å². The average molecular weight is 649 g/mol. The van der Waals surface area contributed by atoms with Crippen molar-refractivity contribution in [2.75, 3.05) is 6.54 Å². The number of amides is 4. The van der Waals surface area contributed by atoms with Crippen molar-refractivity contribution in [2.45, 2.75) is 103 Å². The minimum Gasteiger partial charge on any atom is -0.458 e. The number of esters is 1. The minimum absolute atomic E-state index is 0.0900. The van der Waals surface area contributed by atoms with Gasteiger partial charge in [0.05, 0.1) is 0 Å². The quantitative estimate of drug-likeness (QED) is 0.205. The first-order valence-corrected chi connectivity index (χ1v) is 15.7. The minimum atomic E-state index is -1.26. The lowest BCUT2D eigenvalue weighted by molar-refractivity contribution is -0.159. The molecule has 254 valence electrons. The molecule has 0 aliphatic carbocycles. The van der Waals surface area contributed by atoms with Gasteiger partial charge in [0.1, 0.15) is 29.3 Å². The highest BCUT2D eigenvalue weighted by atomic mass is 16.6. The van der Waals surface area contributed by atoms with Gasteiger partial charge in [0.15, 0.2) is 0 Å². The molecule has 0 fully saturated rings. The van der Waals surface area contributed by atoms with Crippen molar-refractivity contribution in [1.29, 1.82) is 0 Å². The summed E-state index contributed by atoms with van der Waals surface area (Å²) in [6.07, 6.45) is 4.92. The Morgan fingerprint density at radius 1 is 0.872 bits per heavy atom. The Balaban J connectivity index is 2.61. The van der Waals surface area contributed by atoms with Crippen LogP contribution in [-0.4, -0.2) is 64.5 Å². The molecule has 0 aliphatic rings. The number of benzene rings is 2. The molecule has 2 aromatic rings. The third-order valence-corrected chi connectivity index (χ3v) is 6.66. The maximum absolute atomic E-state index is 14.3. The Morgan fingerprint density at radius 3 is 1.98 bits per heavy atom. The molecule has 0 spiro atoms. The van der Waals surface area contributed by atoms with Gasteiger partial charge in [-0.1, -0.05) is 55.3 Å². The maximum Gasteiger partial charge on any atom is 0.408 e. The van der Waals surface area contributed by atoms with Crippen LogP contribution < -0.4 is 16.4 Å². The van der Waals surface area contributed by atoms with Gasteiger partial charge in [-0.3, -0.25) is 14.4 Å². The molecule has 3 atom stereocenters. The predicted octanol–water partition coefficient (Wildman–Crippen LogP) is 4.18. The summed E-state index contributed by atoms with van der Waals surface area (Å²) in [7, 11) is 0. The standard InChI is InChI=1S/C36H48N4O7/c1-9-22-40(32(43)27(20-21-29(37)41)39-34(45)47-36(6,7)8)30(26-18-16-24(10-2)17-19-26)31(42)38-28(33(44)46-35(3,4)5)23-25-14-12-11-13-15-25/h2,11-19,27-28,30H,9,20-23H2,1,3-8H3,(H2,37,41)(H,38,42)(H,39,45). The lowest BCUT2D eigenvalue weighted by Crippen LogP contribution is -2.55. The predicted molar refractivity (Wildman–Crippen MR) is 179 cm³/mol. The summed E-state index contributed by atoms with van der Waals surface area (Å²) in [4.78, 5) is 67.9. The fourth-order valence-electron chi connectivity index (χ4n) is 4.70. The van der Waals surface area contributed by atoms with E-state index in [0.29, 0.717) is 17.5 Å². The number of hydrogen-bond acceptors (Lipinski definition) is 7. The Bertz CT molecular complexity index is 1420. The molecule has 0 heterocycles. The number of carbonyl (C=O) groups excluding carboxylic acids is 5. The average Bonchev–Trinajstić information content (AvgIpc) is 2.97. The van der Waals surface area contributed by atoms with Crippen molar-refractivity contribution in [3.8, 4) is 12.3 Å². The highest BCUT2D eigenvalue weighted by molar-refractivity contribution is 5.94. The number of nitrogens with zero attached hydrogens (tertiary/aromatic N) is 1. The lowest BCUT2D eigenvalue weighted by Gasteiger charge is -2.35. The molecule has 0 radical (unpaired) electrons. The van der Waals surface area contributed by atoms with E-state index in [9.17, 15) is 24.0 Å². The normalized spacial score (nSPS) is 13.2. The van der Waals surface area contributed by atoms with Crippen LogP contribution in [-0.2, 0) is 35.1 Å². The van der Waals surface area contributed by atoms with Crippen molar-refractivity contribution in [1.82, 2.24) is 15.5 Å². The van der Waals surface area contributed by atoms with Crippen LogP contribution in [0.3, 0.4) is 0 Å². The van der Waals surface area contributed by atoms with Crippen LogP contribution in [0.2, 0.25) is 0 Å². The van der Waals surface area contributed by atoms with E-state index in [1.807, 2.05) is 37.3 Å². The van der Waals surface area contributed by atoms with Crippen LogP contribution in [0.25, 0.3) is 0 Å². The van der Waals surface area contributed by atoms with E-state index in [-0.39, 0.29) is 25.8 Å². The molecular weight excluding hydrogens is 600 g/mol. The molecule has 11 heteroatoms. The van der Waals surface area contributed by atoms with Gasteiger partial charge < -0.3 is 30.7 Å². The SMILES string of the molecule is C#Cc1ccc(C(C(=O)NC(Cc2ccccc2)C(=O)OC(C)(C)C)N(CCC)C(=O)C(CCC(N)=O)NC(=O)OC(C)(C)C)cc1. The maximum atomic E-state index is 14.3. The van der Waals surface area contributed by atoms with Crippen LogP contribution in [0.5, 0.6) is 0 Å². The van der Waals surface area contributed by atoms with E-state index >= 15 is 0 Å². The number of ether oxygens (including phenoxy) is 2. The largest absolute Gasteiger partial charge is 0.458 e. The Morgan fingerprint density at radius 2 is 1.47 bits per heavy atom. The van der Waals surface area contributed by atoms with E-state index in [0.717, 1.165) is 5.56 Å². The number of nitrogens with one attached hydrogen (secondary N) is 2. The number of alkyl carbamates (subject to hydrolysis) is 1. The number of hydrogen-bond donors (Lipinski definition) is 3. The van der Waals surface area contributed by atoms with Gasteiger partial charge in [-0.05, 0) is 77.6 Å². The molecule has 3 unspecified atom stereocenters. The summed E-state index contributed by atoms with van der Waals surface area (Å²) in [5.41, 5.74) is 5.46. The smallest absolute Gasteiger partial charge is 0.408 e. The van der Waals surface area contributed by atoms with E-state index < -0.39 is 59.1 Å². The van der Waals surface area contributed by atoms with Gasteiger partial charge in [0, 0.05) is 24.9 Å². The van der Waals surface area contributed by atoms with Crippen LogP contribution in [0.1, 0.15) is 90.5 Å². The van der Waals surface area contributed by atoms with E-state index in [1.54, 1.807) is 65.8 Å². The summed E-state index contributed by atoms with van der Waals surface area (Å²) >= 11 is 0. The molecule has 0 aliphatic heterocycles. The van der Waals surface area contributed by atoms with Crippen molar-refractivity contribution in [3.63, 3.8) is 0 Å². The van der Waals surface area contributed by atoms with Crippen molar-refractivity contribution in [2.24, 2.45) is 5.73 Å². The zero-order chi connectivity index (χ0) is 35.4. The Kier molecular flexibility index (Phi) is 14.0. The molecule has 0 aromatic heterocycles.